The molecule has 0 saturated carbocycles. The van der Waals surface area contributed by atoms with Crippen LogP contribution in [-0.4, -0.2) is 60.2 Å². The number of anilines is 2. The smallest absolute Gasteiger partial charge is 0.319 e. The van der Waals surface area contributed by atoms with E-state index >= 15 is 0 Å². The summed E-state index contributed by atoms with van der Waals surface area (Å²) in [6, 6.07) is 28.5. The van der Waals surface area contributed by atoms with Crippen LogP contribution in [0, 0.1) is 13.8 Å². The molecule has 0 atom stereocenters. The SMILES string of the molecule is Cc1c2cc(NC(=O)NCCCCCCNC(=O)Nc3ccc4c(c3)c(C)[n+](C)c3ccccc43)ccc2c2ccccc2[n+]1C.O=S(=O)([O-])O.O=S(=O)([O-])O. The molecule has 18 heteroatoms. The lowest BCUT2D eigenvalue weighted by Gasteiger charge is -2.11. The van der Waals surface area contributed by atoms with Gasteiger partial charge in [-0.15, -0.1) is 0 Å². The van der Waals surface area contributed by atoms with Crippen molar-refractivity contribution in [2.24, 2.45) is 14.1 Å². The minimum atomic E-state index is -4.92. The third-order valence-electron chi connectivity index (χ3n) is 9.13. The number of urea groups is 2. The van der Waals surface area contributed by atoms with Gasteiger partial charge in [-0.2, -0.15) is 9.13 Å². The van der Waals surface area contributed by atoms with Crippen molar-refractivity contribution in [1.29, 1.82) is 0 Å². The number of benzene rings is 4. The molecule has 2 aromatic heterocycles. The predicted molar refractivity (Wildman–Crippen MR) is 212 cm³/mol. The van der Waals surface area contributed by atoms with E-state index in [1.54, 1.807) is 0 Å². The first-order chi connectivity index (χ1) is 26.3. The molecule has 6 aromatic rings. The number of unbranched alkanes of at least 4 members (excludes halogenated alkanes) is 3. The lowest BCUT2D eigenvalue weighted by atomic mass is 10.0. The fraction of sp³-hybridized carbons (Fsp3) is 0.263. The number of nitrogens with one attached hydrogen (secondary N) is 4. The highest BCUT2D eigenvalue weighted by Gasteiger charge is 2.17. The van der Waals surface area contributed by atoms with E-state index in [0.717, 1.165) is 59.2 Å². The van der Waals surface area contributed by atoms with Crippen LogP contribution in [0.25, 0.3) is 43.4 Å². The maximum atomic E-state index is 12.6. The summed E-state index contributed by atoms with van der Waals surface area (Å²) in [5, 5.41) is 18.9. The molecule has 0 spiro atoms. The fourth-order valence-electron chi connectivity index (χ4n) is 6.38. The summed E-state index contributed by atoms with van der Waals surface area (Å²) in [6.07, 6.45) is 3.69. The van der Waals surface area contributed by atoms with Crippen LogP contribution in [-0.2, 0) is 34.9 Å². The number of pyridine rings is 2. The van der Waals surface area contributed by atoms with Gasteiger partial charge in [-0.05, 0) is 49.2 Å². The van der Waals surface area contributed by atoms with E-state index in [-0.39, 0.29) is 12.1 Å². The van der Waals surface area contributed by atoms with Crippen LogP contribution < -0.4 is 30.4 Å². The van der Waals surface area contributed by atoms with Crippen LogP contribution in [0.5, 0.6) is 0 Å². The number of fused-ring (bicyclic) bond motifs is 6. The molecule has 56 heavy (non-hydrogen) atoms. The number of para-hydroxylation sites is 2. The zero-order chi connectivity index (χ0) is 41.2. The maximum absolute atomic E-state index is 12.6. The van der Waals surface area contributed by atoms with Crippen molar-refractivity contribution >= 4 is 87.6 Å². The number of hydrogen-bond donors (Lipinski definition) is 6. The van der Waals surface area contributed by atoms with Crippen molar-refractivity contribution in [3.8, 4) is 0 Å². The number of aromatic nitrogens is 2. The average Bonchev–Trinajstić information content (AvgIpc) is 3.12. The first-order valence-electron chi connectivity index (χ1n) is 17.4. The lowest BCUT2D eigenvalue weighted by Crippen LogP contribution is -2.33. The molecular weight excluding hydrogens is 765 g/mol. The summed E-state index contributed by atoms with van der Waals surface area (Å²) >= 11 is 0. The lowest BCUT2D eigenvalue weighted by molar-refractivity contribution is -0.650. The molecule has 2 heterocycles. The molecule has 4 aromatic carbocycles. The van der Waals surface area contributed by atoms with E-state index in [2.05, 4.69) is 119 Å². The number of carbonyl (C=O) groups excluding carboxylic acids is 2. The van der Waals surface area contributed by atoms with Crippen LogP contribution in [0.2, 0.25) is 0 Å². The van der Waals surface area contributed by atoms with Gasteiger partial charge in [0.05, 0.1) is 21.5 Å². The number of amides is 4. The Morgan fingerprint density at radius 2 is 0.893 bits per heavy atom. The molecule has 0 unspecified atom stereocenters. The van der Waals surface area contributed by atoms with E-state index < -0.39 is 20.8 Å². The van der Waals surface area contributed by atoms with Crippen molar-refractivity contribution in [3.63, 3.8) is 0 Å². The highest BCUT2D eigenvalue weighted by molar-refractivity contribution is 7.80. The van der Waals surface area contributed by atoms with Gasteiger partial charge in [0, 0.05) is 61.2 Å². The zero-order valence-corrected chi connectivity index (χ0v) is 32.8. The summed E-state index contributed by atoms with van der Waals surface area (Å²) in [5.41, 5.74) is 6.21. The molecule has 0 aliphatic carbocycles. The van der Waals surface area contributed by atoms with Crippen molar-refractivity contribution in [2.75, 3.05) is 23.7 Å². The highest BCUT2D eigenvalue weighted by atomic mass is 32.3. The van der Waals surface area contributed by atoms with Crippen molar-refractivity contribution in [2.45, 2.75) is 39.5 Å². The Morgan fingerprint density at radius 3 is 1.25 bits per heavy atom. The molecular formula is C38H44N6O10S2. The standard InChI is InChI=1S/C38H40N6O2.2H2O4S/c1-25-33-23-27(17-19-29(33)31-13-7-9-15-35(31)43(25)3)41-37(45)39-21-11-5-6-12-22-40-38(46)42-28-18-20-30-32-14-8-10-16-36(32)44(4)26(2)34(30)24-28;2*1-5(2,3)4/h7-10,13-20,23-24H,5-6,11-12,21-22H2,1-4H3,(H2-2,39,40,41,42,45,46);2*(H2,1,2,3,4). The Morgan fingerprint density at radius 1 is 0.554 bits per heavy atom. The second kappa shape index (κ2) is 18.9. The Balaban J connectivity index is 0.000000620. The minimum absolute atomic E-state index is 0.202. The monoisotopic (exact) mass is 808 g/mol. The molecule has 0 radical (unpaired) electrons. The van der Waals surface area contributed by atoms with E-state index in [9.17, 15) is 9.59 Å². The van der Waals surface area contributed by atoms with Gasteiger partial charge in [0.25, 0.3) is 0 Å². The zero-order valence-electron chi connectivity index (χ0n) is 31.2. The second-order valence-corrected chi connectivity index (χ2v) is 14.6. The number of nitrogens with zero attached hydrogens (tertiary/aromatic N) is 2. The first kappa shape index (κ1) is 43.2. The van der Waals surface area contributed by atoms with Crippen LogP contribution in [0.3, 0.4) is 0 Å². The van der Waals surface area contributed by atoms with Gasteiger partial charge in [-0.1, -0.05) is 49.2 Å². The van der Waals surface area contributed by atoms with Crippen LogP contribution in [0.4, 0.5) is 21.0 Å². The Labute approximate surface area is 324 Å². The topological polar surface area (TPSA) is 245 Å². The predicted octanol–water partition coefficient (Wildman–Crippen LogP) is 5.08. The van der Waals surface area contributed by atoms with Crippen molar-refractivity contribution < 1.29 is 53.8 Å². The van der Waals surface area contributed by atoms with Crippen LogP contribution >= 0.6 is 0 Å². The van der Waals surface area contributed by atoms with Gasteiger partial charge in [0.2, 0.25) is 31.8 Å². The quantitative estimate of drug-likeness (QED) is 0.0372. The largest absolute Gasteiger partial charge is 0.726 e. The third kappa shape index (κ3) is 12.5. The molecule has 0 aliphatic rings. The van der Waals surface area contributed by atoms with Gasteiger partial charge < -0.3 is 30.4 Å². The molecule has 6 rings (SSSR count). The van der Waals surface area contributed by atoms with Gasteiger partial charge >= 0.3 is 12.1 Å². The van der Waals surface area contributed by atoms with Crippen LogP contribution in [0.15, 0.2) is 84.9 Å². The summed E-state index contributed by atoms with van der Waals surface area (Å²) in [6.45, 7) is 5.40. The fourth-order valence-corrected chi connectivity index (χ4v) is 6.38. The number of carbonyl (C=O) groups is 2. The number of aryl methyl sites for hydroxylation is 4. The first-order valence-corrected chi connectivity index (χ1v) is 20.1. The molecule has 4 amide bonds. The molecule has 298 valence electrons. The van der Waals surface area contributed by atoms with E-state index in [4.69, 9.17) is 35.0 Å². The molecule has 0 bridgehead atoms. The summed E-state index contributed by atoms with van der Waals surface area (Å²) in [7, 11) is -5.69. The van der Waals surface area contributed by atoms with Crippen molar-refractivity contribution in [3.05, 3.63) is 96.3 Å². The molecule has 16 nitrogen and oxygen atoms in total. The Kier molecular flexibility index (Phi) is 14.6. The third-order valence-corrected chi connectivity index (χ3v) is 9.13. The Bertz CT molecular complexity index is 2420. The van der Waals surface area contributed by atoms with E-state index in [1.807, 2.05) is 24.3 Å². The Hall–Kier alpha value is -5.50. The summed E-state index contributed by atoms with van der Waals surface area (Å²) < 4.78 is 70.0. The molecule has 0 saturated heterocycles. The summed E-state index contributed by atoms with van der Waals surface area (Å²) in [4.78, 5) is 25.1. The van der Waals surface area contributed by atoms with Gasteiger partial charge in [0.1, 0.15) is 14.1 Å². The highest BCUT2D eigenvalue weighted by Crippen LogP contribution is 2.29. The van der Waals surface area contributed by atoms with Crippen LogP contribution in [0.1, 0.15) is 37.1 Å². The normalized spacial score (nSPS) is 11.4. The van der Waals surface area contributed by atoms with Gasteiger partial charge in [-0.25, -0.2) is 26.4 Å². The minimum Gasteiger partial charge on any atom is -0.726 e. The van der Waals surface area contributed by atoms with Gasteiger partial charge in [-0.3, -0.25) is 9.11 Å². The second-order valence-electron chi connectivity index (χ2n) is 12.9. The van der Waals surface area contributed by atoms with E-state index in [1.165, 1.54) is 32.6 Å². The number of hydrogen-bond acceptors (Lipinski definition) is 8. The van der Waals surface area contributed by atoms with E-state index in [0.29, 0.717) is 13.1 Å². The number of rotatable bonds is 9. The van der Waals surface area contributed by atoms with Crippen molar-refractivity contribution in [1.82, 2.24) is 10.6 Å². The average molecular weight is 809 g/mol. The molecule has 0 fully saturated rings. The molecule has 0 aliphatic heterocycles. The molecule has 6 N–H and O–H groups in total. The maximum Gasteiger partial charge on any atom is 0.319 e. The van der Waals surface area contributed by atoms with Gasteiger partial charge in [0.15, 0.2) is 11.4 Å². The summed E-state index contributed by atoms with van der Waals surface area (Å²) in [5.74, 6) is 0.